The van der Waals surface area contributed by atoms with Crippen LogP contribution in [0.2, 0.25) is 10.0 Å². The van der Waals surface area contributed by atoms with Crippen molar-refractivity contribution in [2.24, 2.45) is 0 Å². The zero-order chi connectivity index (χ0) is 11.8. The minimum atomic E-state index is -0.483. The van der Waals surface area contributed by atoms with Gasteiger partial charge in [0, 0.05) is 16.1 Å². The van der Waals surface area contributed by atoms with E-state index in [9.17, 15) is 5.11 Å². The van der Waals surface area contributed by atoms with E-state index in [1.54, 1.807) is 12.1 Å². The quantitative estimate of drug-likeness (QED) is 0.872. The Balaban J connectivity index is 2.30. The summed E-state index contributed by atoms with van der Waals surface area (Å²) in [4.78, 5) is 0. The molecule has 88 valence electrons. The summed E-state index contributed by atoms with van der Waals surface area (Å²) in [6.45, 7) is 1.98. The predicted molar refractivity (Wildman–Crippen MR) is 67.1 cm³/mol. The fourth-order valence-electron chi connectivity index (χ4n) is 1.82. The Morgan fingerprint density at radius 2 is 2.12 bits per heavy atom. The van der Waals surface area contributed by atoms with Crippen LogP contribution in [-0.4, -0.2) is 17.8 Å². The predicted octanol–water partition coefficient (Wildman–Crippen LogP) is 2.95. The van der Waals surface area contributed by atoms with Gasteiger partial charge < -0.3 is 10.4 Å². The molecule has 0 heterocycles. The molecule has 0 radical (unpaired) electrons. The lowest BCUT2D eigenvalue weighted by molar-refractivity contribution is 0.173. The maximum absolute atomic E-state index is 9.56. The van der Waals surface area contributed by atoms with Crippen LogP contribution in [0.25, 0.3) is 0 Å². The summed E-state index contributed by atoms with van der Waals surface area (Å²) in [7, 11) is 0. The Kier molecular flexibility index (Phi) is 3.45. The fourth-order valence-corrected chi connectivity index (χ4v) is 2.44. The van der Waals surface area contributed by atoms with Crippen molar-refractivity contribution < 1.29 is 5.11 Å². The van der Waals surface area contributed by atoms with E-state index in [1.165, 1.54) is 12.8 Å². The molecule has 1 aromatic rings. The molecule has 4 heteroatoms. The van der Waals surface area contributed by atoms with E-state index in [0.29, 0.717) is 16.1 Å². The van der Waals surface area contributed by atoms with Crippen LogP contribution in [0.1, 0.15) is 25.3 Å². The molecule has 16 heavy (non-hydrogen) atoms. The largest absolute Gasteiger partial charge is 0.394 e. The maximum atomic E-state index is 9.56. The summed E-state index contributed by atoms with van der Waals surface area (Å²) in [5, 5.41) is 14.2. The lowest BCUT2D eigenvalue weighted by atomic mass is 9.92. The van der Waals surface area contributed by atoms with Gasteiger partial charge in [0.2, 0.25) is 0 Å². The SMILES string of the molecule is CC(CO)(NC1CC1)c1ccc(Cl)cc1Cl. The molecule has 1 aliphatic carbocycles. The van der Waals surface area contributed by atoms with Gasteiger partial charge in [-0.15, -0.1) is 0 Å². The standard InChI is InChI=1S/C12H15Cl2NO/c1-12(7-16,15-9-3-4-9)10-5-2-8(13)6-11(10)14/h2,5-6,9,15-16H,3-4,7H2,1H3. The van der Waals surface area contributed by atoms with Gasteiger partial charge in [0.15, 0.2) is 0 Å². The molecule has 1 atom stereocenters. The highest BCUT2D eigenvalue weighted by molar-refractivity contribution is 6.35. The van der Waals surface area contributed by atoms with Crippen LogP contribution in [-0.2, 0) is 5.54 Å². The second-order valence-corrected chi connectivity index (χ2v) is 5.38. The maximum Gasteiger partial charge on any atom is 0.0657 e. The van der Waals surface area contributed by atoms with Crippen molar-refractivity contribution in [2.45, 2.75) is 31.3 Å². The van der Waals surface area contributed by atoms with E-state index in [-0.39, 0.29) is 6.61 Å². The molecule has 2 N–H and O–H groups in total. The fraction of sp³-hybridized carbons (Fsp3) is 0.500. The Hall–Kier alpha value is -0.280. The molecule has 0 aliphatic heterocycles. The summed E-state index contributed by atoms with van der Waals surface area (Å²) >= 11 is 12.0. The van der Waals surface area contributed by atoms with E-state index in [1.807, 2.05) is 13.0 Å². The third-order valence-electron chi connectivity index (χ3n) is 2.94. The highest BCUT2D eigenvalue weighted by Gasteiger charge is 2.34. The number of rotatable bonds is 4. The lowest BCUT2D eigenvalue weighted by Crippen LogP contribution is -2.44. The monoisotopic (exact) mass is 259 g/mol. The molecule has 1 saturated carbocycles. The first kappa shape index (κ1) is 12.2. The first-order valence-corrected chi connectivity index (χ1v) is 6.15. The normalized spacial score (nSPS) is 19.5. The summed E-state index contributed by atoms with van der Waals surface area (Å²) < 4.78 is 0. The second kappa shape index (κ2) is 4.53. The van der Waals surface area contributed by atoms with Gasteiger partial charge in [0.1, 0.15) is 0 Å². The van der Waals surface area contributed by atoms with Crippen LogP contribution in [0.3, 0.4) is 0 Å². The molecule has 0 amide bonds. The van der Waals surface area contributed by atoms with Crippen LogP contribution >= 0.6 is 23.2 Å². The third-order valence-corrected chi connectivity index (χ3v) is 3.49. The van der Waals surface area contributed by atoms with Crippen LogP contribution < -0.4 is 5.32 Å². The minimum Gasteiger partial charge on any atom is -0.394 e. The van der Waals surface area contributed by atoms with Crippen LogP contribution in [0, 0.1) is 0 Å². The molecule has 2 rings (SSSR count). The van der Waals surface area contributed by atoms with Gasteiger partial charge in [-0.25, -0.2) is 0 Å². The Morgan fingerprint density at radius 1 is 1.44 bits per heavy atom. The molecule has 1 unspecified atom stereocenters. The molecule has 1 fully saturated rings. The highest BCUT2D eigenvalue weighted by atomic mass is 35.5. The lowest BCUT2D eigenvalue weighted by Gasteiger charge is -2.30. The van der Waals surface area contributed by atoms with Crippen molar-refractivity contribution in [2.75, 3.05) is 6.61 Å². The van der Waals surface area contributed by atoms with Crippen molar-refractivity contribution in [3.05, 3.63) is 33.8 Å². The molecule has 0 bridgehead atoms. The molecule has 0 saturated heterocycles. The molecular weight excluding hydrogens is 245 g/mol. The number of hydrogen-bond donors (Lipinski definition) is 2. The van der Waals surface area contributed by atoms with E-state index in [4.69, 9.17) is 23.2 Å². The third kappa shape index (κ3) is 2.51. The van der Waals surface area contributed by atoms with E-state index >= 15 is 0 Å². The summed E-state index contributed by atoms with van der Waals surface area (Å²) in [5.74, 6) is 0. The molecular formula is C12H15Cl2NO. The number of halogens is 2. The topological polar surface area (TPSA) is 32.3 Å². The molecule has 0 spiro atoms. The van der Waals surface area contributed by atoms with Gasteiger partial charge in [-0.2, -0.15) is 0 Å². The molecule has 1 aliphatic rings. The highest BCUT2D eigenvalue weighted by Crippen LogP contribution is 2.33. The summed E-state index contributed by atoms with van der Waals surface area (Å²) in [5.41, 5.74) is 0.413. The van der Waals surface area contributed by atoms with E-state index in [0.717, 1.165) is 5.56 Å². The Labute approximate surface area is 106 Å². The average molecular weight is 260 g/mol. The van der Waals surface area contributed by atoms with Crippen molar-refractivity contribution >= 4 is 23.2 Å². The number of aliphatic hydroxyl groups excluding tert-OH is 1. The van der Waals surface area contributed by atoms with Gasteiger partial charge in [-0.05, 0) is 37.5 Å². The van der Waals surface area contributed by atoms with Gasteiger partial charge in [0.05, 0.1) is 12.1 Å². The number of nitrogens with one attached hydrogen (secondary N) is 1. The summed E-state index contributed by atoms with van der Waals surface area (Å²) in [6, 6.07) is 5.88. The minimum absolute atomic E-state index is 0.0187. The molecule has 1 aromatic carbocycles. The zero-order valence-electron chi connectivity index (χ0n) is 9.13. The Morgan fingerprint density at radius 3 is 2.62 bits per heavy atom. The van der Waals surface area contributed by atoms with Crippen molar-refractivity contribution in [3.63, 3.8) is 0 Å². The van der Waals surface area contributed by atoms with Crippen molar-refractivity contribution in [1.29, 1.82) is 0 Å². The zero-order valence-corrected chi connectivity index (χ0v) is 10.6. The second-order valence-electron chi connectivity index (χ2n) is 4.53. The van der Waals surface area contributed by atoms with Crippen molar-refractivity contribution in [1.82, 2.24) is 5.32 Å². The first-order valence-electron chi connectivity index (χ1n) is 5.39. The van der Waals surface area contributed by atoms with Gasteiger partial charge >= 0.3 is 0 Å². The van der Waals surface area contributed by atoms with Gasteiger partial charge in [0.25, 0.3) is 0 Å². The average Bonchev–Trinajstić information content (AvgIpc) is 3.01. The Bertz CT molecular complexity index is 393. The van der Waals surface area contributed by atoms with E-state index < -0.39 is 5.54 Å². The van der Waals surface area contributed by atoms with E-state index in [2.05, 4.69) is 5.32 Å². The number of benzene rings is 1. The number of hydrogen-bond acceptors (Lipinski definition) is 2. The van der Waals surface area contributed by atoms with Gasteiger partial charge in [-0.1, -0.05) is 29.3 Å². The molecule has 0 aromatic heterocycles. The smallest absolute Gasteiger partial charge is 0.0657 e. The van der Waals surface area contributed by atoms with Crippen LogP contribution in [0.4, 0.5) is 0 Å². The summed E-state index contributed by atoms with van der Waals surface area (Å²) in [6.07, 6.45) is 2.33. The van der Waals surface area contributed by atoms with Gasteiger partial charge in [-0.3, -0.25) is 0 Å². The van der Waals surface area contributed by atoms with Crippen LogP contribution in [0.5, 0.6) is 0 Å². The molecule has 2 nitrogen and oxygen atoms in total. The first-order chi connectivity index (χ1) is 7.55. The van der Waals surface area contributed by atoms with Crippen LogP contribution in [0.15, 0.2) is 18.2 Å². The van der Waals surface area contributed by atoms with Crippen molar-refractivity contribution in [3.8, 4) is 0 Å². The number of aliphatic hydroxyl groups is 1.